The van der Waals surface area contributed by atoms with E-state index in [0.717, 1.165) is 51.4 Å². The predicted octanol–water partition coefficient (Wildman–Crippen LogP) is 6.10. The zero-order chi connectivity index (χ0) is 22.1. The van der Waals surface area contributed by atoms with Crippen LogP contribution >= 0.6 is 11.6 Å². The minimum atomic E-state index is -0.682. The number of carbonyl (C=O) groups is 2. The normalized spacial score (nSPS) is 40.1. The third-order valence-corrected chi connectivity index (χ3v) is 9.44. The third-order valence-electron chi connectivity index (χ3n) is 9.00. The van der Waals surface area contributed by atoms with Gasteiger partial charge < -0.3 is 10.2 Å². The van der Waals surface area contributed by atoms with Gasteiger partial charge >= 0.3 is 5.97 Å². The number of hydrogen-bond acceptors (Lipinski definition) is 3. The molecule has 0 saturated heterocycles. The smallest absolute Gasteiger partial charge is 0.303 e. The van der Waals surface area contributed by atoms with Crippen LogP contribution in [0.5, 0.6) is 0 Å². The van der Waals surface area contributed by atoms with Crippen molar-refractivity contribution in [2.75, 3.05) is 0 Å². The molecule has 170 valence electrons. The van der Waals surface area contributed by atoms with Crippen LogP contribution in [0.3, 0.4) is 0 Å². The molecule has 2 N–H and O–H groups in total. The minimum absolute atomic E-state index is 0.111. The Bertz CT molecular complexity index is 701. The van der Waals surface area contributed by atoms with Gasteiger partial charge in [-0.1, -0.05) is 45.2 Å². The van der Waals surface area contributed by atoms with Crippen molar-refractivity contribution in [3.05, 3.63) is 10.6 Å². The lowest BCUT2D eigenvalue weighted by atomic mass is 9.47. The molecule has 4 nitrogen and oxygen atoms in total. The quantitative estimate of drug-likeness (QED) is 0.520. The Morgan fingerprint density at radius 1 is 1.07 bits per heavy atom. The highest BCUT2D eigenvalue weighted by Crippen LogP contribution is 2.65. The van der Waals surface area contributed by atoms with Crippen molar-refractivity contribution >= 4 is 23.4 Å². The second-order valence-electron chi connectivity index (χ2n) is 10.5. The van der Waals surface area contributed by atoms with Crippen molar-refractivity contribution in [1.29, 1.82) is 0 Å². The van der Waals surface area contributed by atoms with Crippen LogP contribution in [0.4, 0.5) is 0 Å². The van der Waals surface area contributed by atoms with E-state index in [1.807, 2.05) is 0 Å². The predicted molar refractivity (Wildman–Crippen MR) is 119 cm³/mol. The number of fused-ring (bicyclic) bond motifs is 5. The fraction of sp³-hybridized carbons (Fsp3) is 0.840. The highest BCUT2D eigenvalue weighted by atomic mass is 35.5. The highest BCUT2D eigenvalue weighted by Gasteiger charge is 2.59. The Balaban J connectivity index is 0.000000275. The number of carbonyl (C=O) groups excluding carboxylic acids is 1. The maximum atomic E-state index is 12.0. The monoisotopic (exact) mass is 438 g/mol. The van der Waals surface area contributed by atoms with E-state index >= 15 is 0 Å². The first-order valence-electron chi connectivity index (χ1n) is 12.0. The molecule has 3 saturated carbocycles. The second kappa shape index (κ2) is 9.32. The third kappa shape index (κ3) is 4.24. The van der Waals surface area contributed by atoms with Gasteiger partial charge in [0, 0.05) is 12.8 Å². The van der Waals surface area contributed by atoms with Crippen molar-refractivity contribution in [2.24, 2.45) is 28.6 Å². The van der Waals surface area contributed by atoms with E-state index in [0.29, 0.717) is 35.6 Å². The van der Waals surface area contributed by atoms with Crippen molar-refractivity contribution in [3.63, 3.8) is 0 Å². The number of halogens is 1. The number of rotatable bonds is 4. The molecule has 4 aliphatic rings. The Kier molecular flexibility index (Phi) is 7.39. The summed E-state index contributed by atoms with van der Waals surface area (Å²) in [5.41, 5.74) is 1.52. The van der Waals surface area contributed by atoms with Crippen molar-refractivity contribution in [1.82, 2.24) is 0 Å². The Morgan fingerprint density at radius 3 is 2.47 bits per heavy atom. The molecule has 0 unspecified atom stereocenters. The first-order chi connectivity index (χ1) is 14.1. The topological polar surface area (TPSA) is 74.6 Å². The van der Waals surface area contributed by atoms with Crippen LogP contribution in [0.15, 0.2) is 10.6 Å². The zero-order valence-electron chi connectivity index (χ0n) is 18.9. The molecule has 0 aromatic rings. The molecule has 0 heterocycles. The van der Waals surface area contributed by atoms with Gasteiger partial charge in [-0.15, -0.1) is 0 Å². The van der Waals surface area contributed by atoms with Crippen molar-refractivity contribution in [2.45, 2.75) is 104 Å². The number of allylic oxidation sites excluding steroid dienone is 1. The number of ketones is 1. The summed E-state index contributed by atoms with van der Waals surface area (Å²) in [7, 11) is 0. The summed E-state index contributed by atoms with van der Waals surface area (Å²) < 4.78 is 0. The molecule has 0 spiro atoms. The molecule has 4 rings (SSSR count). The lowest BCUT2D eigenvalue weighted by Gasteiger charge is -2.57. The van der Waals surface area contributed by atoms with E-state index < -0.39 is 5.97 Å². The number of carboxylic acid groups (broad SMARTS) is 1. The van der Waals surface area contributed by atoms with E-state index in [-0.39, 0.29) is 22.7 Å². The standard InChI is InChI=1S/C19H27ClO2.C6H12O2/c1-18-10-8-15(21)17(20)14(18)4-3-11-12-5-6-16(22)19(12,2)9-7-13(11)18;1-2-3-4-5-6(7)8/h11-13,16,22H,3-10H2,1-2H3;2-5H2,1H3,(H,7,8)/t11-,12-,13-,16-,18+,19-;/m0./s1. The van der Waals surface area contributed by atoms with E-state index in [9.17, 15) is 14.7 Å². The van der Waals surface area contributed by atoms with Crippen LogP contribution in [0.2, 0.25) is 0 Å². The molecular formula is C25H39ClO4. The molecule has 4 aliphatic carbocycles. The summed E-state index contributed by atoms with van der Waals surface area (Å²) in [6.07, 6.45) is 11.4. The minimum Gasteiger partial charge on any atom is -0.481 e. The van der Waals surface area contributed by atoms with Gasteiger partial charge in [-0.25, -0.2) is 0 Å². The molecule has 30 heavy (non-hydrogen) atoms. The Hall–Kier alpha value is -0.870. The summed E-state index contributed by atoms with van der Waals surface area (Å²) in [4.78, 5) is 21.9. The van der Waals surface area contributed by atoms with Gasteiger partial charge in [0.05, 0.1) is 11.1 Å². The number of hydrogen-bond donors (Lipinski definition) is 2. The van der Waals surface area contributed by atoms with Crippen molar-refractivity contribution in [3.8, 4) is 0 Å². The lowest BCUT2D eigenvalue weighted by molar-refractivity contribution is -0.137. The van der Waals surface area contributed by atoms with Crippen LogP contribution in [0.25, 0.3) is 0 Å². The van der Waals surface area contributed by atoms with E-state index in [2.05, 4.69) is 20.8 Å². The molecule has 0 radical (unpaired) electrons. The first-order valence-corrected chi connectivity index (χ1v) is 12.3. The molecule has 3 fully saturated rings. The summed E-state index contributed by atoms with van der Waals surface area (Å²) >= 11 is 6.41. The van der Waals surface area contributed by atoms with Crippen molar-refractivity contribution < 1.29 is 19.8 Å². The van der Waals surface area contributed by atoms with Gasteiger partial charge in [0.25, 0.3) is 0 Å². The Morgan fingerprint density at radius 2 is 1.80 bits per heavy atom. The van der Waals surface area contributed by atoms with Gasteiger partial charge in [0.15, 0.2) is 5.78 Å². The summed E-state index contributed by atoms with van der Waals surface area (Å²) in [5.74, 6) is 1.50. The van der Waals surface area contributed by atoms with Crippen LogP contribution in [0, 0.1) is 28.6 Å². The molecule has 0 amide bonds. The zero-order valence-corrected chi connectivity index (χ0v) is 19.6. The summed E-state index contributed by atoms with van der Waals surface area (Å²) in [6.45, 7) is 6.74. The number of unbranched alkanes of at least 4 members (excludes halogenated alkanes) is 2. The molecule has 0 aromatic heterocycles. The average molecular weight is 439 g/mol. The number of carboxylic acids is 1. The maximum absolute atomic E-state index is 12.0. The van der Waals surface area contributed by atoms with Gasteiger partial charge in [-0.05, 0) is 85.5 Å². The lowest BCUT2D eigenvalue weighted by Crippen LogP contribution is -2.51. The van der Waals surface area contributed by atoms with Gasteiger partial charge in [-0.3, -0.25) is 9.59 Å². The van der Waals surface area contributed by atoms with Gasteiger partial charge in [0.1, 0.15) is 0 Å². The maximum Gasteiger partial charge on any atom is 0.303 e. The van der Waals surface area contributed by atoms with Gasteiger partial charge in [-0.2, -0.15) is 0 Å². The number of aliphatic hydroxyl groups is 1. The molecule has 0 bridgehead atoms. The van der Waals surface area contributed by atoms with E-state index in [1.54, 1.807) is 0 Å². The highest BCUT2D eigenvalue weighted by molar-refractivity contribution is 6.43. The van der Waals surface area contributed by atoms with Crippen LogP contribution in [0.1, 0.15) is 97.8 Å². The average Bonchev–Trinajstić information content (AvgIpc) is 3.00. The summed E-state index contributed by atoms with van der Waals surface area (Å²) in [6, 6.07) is 0. The van der Waals surface area contributed by atoms with E-state index in [4.69, 9.17) is 16.7 Å². The molecular weight excluding hydrogens is 400 g/mol. The van der Waals surface area contributed by atoms with Gasteiger partial charge in [0.2, 0.25) is 0 Å². The molecule has 5 heteroatoms. The van der Waals surface area contributed by atoms with Crippen LogP contribution < -0.4 is 0 Å². The van der Waals surface area contributed by atoms with E-state index in [1.165, 1.54) is 18.4 Å². The van der Waals surface area contributed by atoms with Crippen LogP contribution in [-0.2, 0) is 9.59 Å². The molecule has 6 atom stereocenters. The fourth-order valence-corrected chi connectivity index (χ4v) is 7.55. The summed E-state index contributed by atoms with van der Waals surface area (Å²) in [5, 5.41) is 19.2. The number of aliphatic carboxylic acids is 1. The molecule has 0 aliphatic heterocycles. The fourth-order valence-electron chi connectivity index (χ4n) is 7.15. The largest absolute Gasteiger partial charge is 0.481 e. The Labute approximate surface area is 186 Å². The molecule has 0 aromatic carbocycles. The SMILES string of the molecule is CCCCCC(=O)O.C[C@]12CC[C@H]3[C@@H](CCC4=C(Cl)C(=O)CC[C@@]43C)[C@@H]1CC[C@@H]2O. The second-order valence-corrected chi connectivity index (χ2v) is 10.9. The van der Waals surface area contributed by atoms with Crippen LogP contribution in [-0.4, -0.2) is 28.1 Å². The number of Topliss-reactive ketones (excluding diaryl/α,β-unsaturated/α-hetero) is 1. The first kappa shape index (κ1) is 23.8. The number of aliphatic hydroxyl groups excluding tert-OH is 1.